The molecule has 0 aliphatic carbocycles. The van der Waals surface area contributed by atoms with Crippen LogP contribution in [0.4, 0.5) is 4.79 Å². The lowest BCUT2D eigenvalue weighted by Crippen LogP contribution is -2.38. The van der Waals surface area contributed by atoms with Crippen LogP contribution in [-0.4, -0.2) is 43.3 Å². The third-order valence-corrected chi connectivity index (χ3v) is 3.56. The summed E-state index contributed by atoms with van der Waals surface area (Å²) in [4.78, 5) is 24.3. The third-order valence-electron chi connectivity index (χ3n) is 3.56. The molecule has 3 rings (SSSR count). The number of dihydropyridines is 1. The molecule has 2 aliphatic rings. The van der Waals surface area contributed by atoms with Crippen LogP contribution in [0.2, 0.25) is 0 Å². The number of carbonyl (C=O) groups is 1. The first kappa shape index (κ1) is 15.9. The number of carbonyl (C=O) groups excluding carboxylic acids is 1. The number of benzene rings is 1. The van der Waals surface area contributed by atoms with Crippen LogP contribution in [0.3, 0.4) is 0 Å². The second-order valence-electron chi connectivity index (χ2n) is 5.26. The van der Waals surface area contributed by atoms with Gasteiger partial charge in [-0.15, -0.1) is 0 Å². The molecule has 0 bridgehead atoms. The van der Waals surface area contributed by atoms with Gasteiger partial charge in [-0.3, -0.25) is 10.3 Å². The summed E-state index contributed by atoms with van der Waals surface area (Å²) >= 11 is 0. The average Bonchev–Trinajstić information content (AvgIpc) is 3.04. The molecule has 124 valence electrons. The van der Waals surface area contributed by atoms with Crippen LogP contribution in [0.1, 0.15) is 12.5 Å². The monoisotopic (exact) mass is 325 g/mol. The fourth-order valence-electron chi connectivity index (χ4n) is 2.47. The Labute approximate surface area is 140 Å². The number of hydrogen-bond acceptors (Lipinski definition) is 6. The molecule has 1 unspecified atom stereocenters. The Morgan fingerprint density at radius 3 is 2.92 bits per heavy atom. The van der Waals surface area contributed by atoms with Crippen molar-refractivity contribution in [1.82, 2.24) is 10.6 Å². The number of nitrogens with zero attached hydrogens (tertiary/aromatic N) is 3. The summed E-state index contributed by atoms with van der Waals surface area (Å²) in [5, 5.41) is 5.98. The molecular weight excluding hydrogens is 306 g/mol. The number of alkyl carbamates (subject to hydrolysis) is 1. The van der Waals surface area contributed by atoms with Gasteiger partial charge in [0, 0.05) is 18.3 Å². The van der Waals surface area contributed by atoms with Gasteiger partial charge in [0.25, 0.3) is 0 Å². The second kappa shape index (κ2) is 7.54. The van der Waals surface area contributed by atoms with E-state index >= 15 is 0 Å². The van der Waals surface area contributed by atoms with Gasteiger partial charge in [-0.25, -0.2) is 14.8 Å². The van der Waals surface area contributed by atoms with Crippen LogP contribution in [-0.2, 0) is 11.2 Å². The molecule has 1 aromatic rings. The van der Waals surface area contributed by atoms with E-state index in [0.717, 1.165) is 18.7 Å². The van der Waals surface area contributed by atoms with Crippen molar-refractivity contribution in [2.24, 2.45) is 15.0 Å². The van der Waals surface area contributed by atoms with E-state index in [1.807, 2.05) is 18.2 Å². The normalized spacial score (nSPS) is 18.2. The van der Waals surface area contributed by atoms with Crippen molar-refractivity contribution in [3.05, 3.63) is 47.7 Å². The number of amides is 1. The quantitative estimate of drug-likeness (QED) is 0.863. The number of ether oxygens (including phenoxy) is 1. The van der Waals surface area contributed by atoms with Crippen LogP contribution < -0.4 is 10.6 Å². The highest BCUT2D eigenvalue weighted by molar-refractivity contribution is 6.15. The van der Waals surface area contributed by atoms with Gasteiger partial charge in [0.15, 0.2) is 11.9 Å². The average molecular weight is 325 g/mol. The number of aliphatic imine (C=N–C) groups is 3. The second-order valence-corrected chi connectivity index (χ2v) is 5.26. The van der Waals surface area contributed by atoms with Crippen molar-refractivity contribution >= 4 is 24.1 Å². The number of hydrogen-bond donors (Lipinski definition) is 2. The zero-order chi connectivity index (χ0) is 16.8. The summed E-state index contributed by atoms with van der Waals surface area (Å²) in [6.07, 6.45) is 3.62. The van der Waals surface area contributed by atoms with Crippen molar-refractivity contribution < 1.29 is 9.53 Å². The topological polar surface area (TPSA) is 87.4 Å². The molecule has 1 amide bonds. The summed E-state index contributed by atoms with van der Waals surface area (Å²) in [5.74, 6) is 0.961. The van der Waals surface area contributed by atoms with Gasteiger partial charge in [-0.05, 0) is 18.9 Å². The first-order chi connectivity index (χ1) is 11.8. The molecule has 0 saturated heterocycles. The lowest BCUT2D eigenvalue weighted by atomic mass is 10.1. The van der Waals surface area contributed by atoms with Gasteiger partial charge in [-0.1, -0.05) is 30.3 Å². The van der Waals surface area contributed by atoms with E-state index in [9.17, 15) is 4.79 Å². The van der Waals surface area contributed by atoms with Crippen molar-refractivity contribution in [1.29, 1.82) is 0 Å². The molecule has 0 radical (unpaired) electrons. The van der Waals surface area contributed by atoms with E-state index < -0.39 is 6.09 Å². The summed E-state index contributed by atoms with van der Waals surface area (Å²) in [6, 6.07) is 10.00. The van der Waals surface area contributed by atoms with E-state index in [-0.39, 0.29) is 6.04 Å². The van der Waals surface area contributed by atoms with E-state index in [0.29, 0.717) is 18.3 Å². The lowest BCUT2D eigenvalue weighted by Gasteiger charge is -2.20. The molecule has 0 saturated carbocycles. The fourth-order valence-corrected chi connectivity index (χ4v) is 2.47. The molecule has 1 aromatic carbocycles. The highest BCUT2D eigenvalue weighted by Gasteiger charge is 2.27. The number of nitrogens with one attached hydrogen (secondary N) is 2. The minimum atomic E-state index is -0.533. The Balaban J connectivity index is 1.64. The molecule has 0 spiro atoms. The number of fused-ring (bicyclic) bond motifs is 1. The van der Waals surface area contributed by atoms with Crippen molar-refractivity contribution in [2.75, 3.05) is 13.2 Å². The van der Waals surface area contributed by atoms with Gasteiger partial charge >= 0.3 is 6.09 Å². The maximum atomic E-state index is 11.6. The number of rotatable bonds is 5. The van der Waals surface area contributed by atoms with Gasteiger partial charge in [0.2, 0.25) is 0 Å². The van der Waals surface area contributed by atoms with E-state index in [1.165, 1.54) is 11.9 Å². The molecule has 7 nitrogen and oxygen atoms in total. The SMILES string of the molecule is CCOC(=O)NC1=NC2=NC=NC2C(NCCc2ccccc2)=C1. The predicted octanol–water partition coefficient (Wildman–Crippen LogP) is 1.67. The maximum absolute atomic E-state index is 11.6. The summed E-state index contributed by atoms with van der Waals surface area (Å²) in [7, 11) is 0. The summed E-state index contributed by atoms with van der Waals surface area (Å²) < 4.78 is 4.88. The van der Waals surface area contributed by atoms with Gasteiger partial charge in [0.05, 0.1) is 6.61 Å². The predicted molar refractivity (Wildman–Crippen MR) is 93.5 cm³/mol. The lowest BCUT2D eigenvalue weighted by molar-refractivity contribution is 0.158. The summed E-state index contributed by atoms with van der Waals surface area (Å²) in [5.41, 5.74) is 2.11. The Morgan fingerprint density at radius 1 is 1.29 bits per heavy atom. The van der Waals surface area contributed by atoms with Crippen LogP contribution in [0.15, 0.2) is 57.1 Å². The number of amidine groups is 2. The van der Waals surface area contributed by atoms with Crippen LogP contribution in [0, 0.1) is 0 Å². The zero-order valence-electron chi connectivity index (χ0n) is 13.4. The van der Waals surface area contributed by atoms with Gasteiger partial charge in [0.1, 0.15) is 12.2 Å². The van der Waals surface area contributed by atoms with Crippen molar-refractivity contribution in [2.45, 2.75) is 19.4 Å². The largest absolute Gasteiger partial charge is 0.450 e. The molecule has 0 aromatic heterocycles. The van der Waals surface area contributed by atoms with E-state index in [1.54, 1.807) is 13.0 Å². The van der Waals surface area contributed by atoms with Crippen LogP contribution in [0.5, 0.6) is 0 Å². The molecule has 2 N–H and O–H groups in total. The fraction of sp³-hybridized carbons (Fsp3) is 0.294. The van der Waals surface area contributed by atoms with Crippen molar-refractivity contribution in [3.8, 4) is 0 Å². The van der Waals surface area contributed by atoms with Crippen LogP contribution >= 0.6 is 0 Å². The first-order valence-electron chi connectivity index (χ1n) is 7.87. The minimum absolute atomic E-state index is 0.228. The Bertz CT molecular complexity index is 722. The standard InChI is InChI=1S/C17H19N5O2/c1-2-24-17(23)22-14-10-13(15-16(21-14)20-11-19-15)18-9-8-12-6-4-3-5-7-12/h3-7,10-11,15,18H,2,8-9H2,1H3,(H,19,20,21,22,23). The van der Waals surface area contributed by atoms with Gasteiger partial charge in [-0.2, -0.15) is 0 Å². The minimum Gasteiger partial charge on any atom is -0.450 e. The summed E-state index contributed by atoms with van der Waals surface area (Å²) in [6.45, 7) is 2.80. The van der Waals surface area contributed by atoms with E-state index in [2.05, 4.69) is 37.7 Å². The smallest absolute Gasteiger partial charge is 0.412 e. The van der Waals surface area contributed by atoms with Crippen LogP contribution in [0.25, 0.3) is 0 Å². The molecule has 0 fully saturated rings. The van der Waals surface area contributed by atoms with E-state index in [4.69, 9.17) is 4.74 Å². The Hall–Kier alpha value is -2.96. The highest BCUT2D eigenvalue weighted by atomic mass is 16.5. The first-order valence-corrected chi connectivity index (χ1v) is 7.87. The highest BCUT2D eigenvalue weighted by Crippen LogP contribution is 2.16. The van der Waals surface area contributed by atoms with Crippen molar-refractivity contribution in [3.63, 3.8) is 0 Å². The third kappa shape index (κ3) is 3.87. The maximum Gasteiger partial charge on any atom is 0.412 e. The van der Waals surface area contributed by atoms with Gasteiger partial charge < -0.3 is 10.1 Å². The molecule has 1 atom stereocenters. The molecule has 24 heavy (non-hydrogen) atoms. The molecule has 2 aliphatic heterocycles. The Morgan fingerprint density at radius 2 is 2.12 bits per heavy atom. The molecule has 7 heteroatoms. The zero-order valence-corrected chi connectivity index (χ0v) is 13.4. The Kier molecular flexibility index (Phi) is 5.00. The molecule has 2 heterocycles. The molecular formula is C17H19N5O2.